The highest BCUT2D eigenvalue weighted by Gasteiger charge is 2.22. The number of aromatic carboxylic acids is 1. The lowest BCUT2D eigenvalue weighted by Crippen LogP contribution is -1.95. The van der Waals surface area contributed by atoms with Crippen LogP contribution in [0.3, 0.4) is 0 Å². The lowest BCUT2D eigenvalue weighted by Gasteiger charge is -2.04. The van der Waals surface area contributed by atoms with E-state index in [-0.39, 0.29) is 5.76 Å². The van der Waals surface area contributed by atoms with Crippen molar-refractivity contribution in [3.05, 3.63) is 63.4 Å². The van der Waals surface area contributed by atoms with Gasteiger partial charge in [0.1, 0.15) is 5.69 Å². The zero-order valence-corrected chi connectivity index (χ0v) is 13.7. The third kappa shape index (κ3) is 3.20. The molecule has 7 heteroatoms. The van der Waals surface area contributed by atoms with E-state index < -0.39 is 11.9 Å². The molecule has 0 fully saturated rings. The van der Waals surface area contributed by atoms with Crippen molar-refractivity contribution >= 4 is 40.8 Å². The molecule has 0 saturated carbocycles. The number of rotatable bonds is 3. The van der Waals surface area contributed by atoms with E-state index in [4.69, 9.17) is 44.3 Å². The Balaban J connectivity index is 2.22. The van der Waals surface area contributed by atoms with Crippen molar-refractivity contribution in [2.24, 2.45) is 0 Å². The van der Waals surface area contributed by atoms with Crippen LogP contribution in [-0.2, 0) is 0 Å². The largest absolute Gasteiger partial charge is 0.474 e. The third-order valence-corrected chi connectivity index (χ3v) is 3.90. The smallest absolute Gasteiger partial charge is 0.392 e. The molecular formula is C16H8Cl3NO3. The first kappa shape index (κ1) is 15.9. The molecule has 1 heterocycles. The zero-order valence-electron chi connectivity index (χ0n) is 11.4. The van der Waals surface area contributed by atoms with Gasteiger partial charge in [0.05, 0.1) is 5.02 Å². The number of carboxylic acids is 1. The molecule has 3 rings (SSSR count). The molecule has 116 valence electrons. The van der Waals surface area contributed by atoms with E-state index in [0.29, 0.717) is 31.9 Å². The number of hydrogen-bond acceptors (Lipinski definition) is 3. The van der Waals surface area contributed by atoms with Gasteiger partial charge in [-0.25, -0.2) is 9.78 Å². The number of nitrogens with zero attached hydrogens (tertiary/aromatic N) is 1. The predicted molar refractivity (Wildman–Crippen MR) is 89.4 cm³/mol. The number of hydrogen-bond donors (Lipinski definition) is 1. The molecule has 0 aliphatic rings. The summed E-state index contributed by atoms with van der Waals surface area (Å²) in [4.78, 5) is 15.2. The Labute approximate surface area is 146 Å². The van der Waals surface area contributed by atoms with Crippen molar-refractivity contribution in [1.29, 1.82) is 0 Å². The first-order valence-corrected chi connectivity index (χ1v) is 7.54. The maximum Gasteiger partial charge on any atom is 0.392 e. The number of benzene rings is 2. The standard InChI is InChI=1S/C16H8Cl3NO3/c17-9-3-1-8(2-4-9)13-14(23-15(20-13)16(21)22)11-6-5-10(18)7-12(11)19/h1-7H,(H,21,22). The fourth-order valence-electron chi connectivity index (χ4n) is 2.07. The number of aromatic nitrogens is 1. The van der Waals surface area contributed by atoms with Crippen LogP contribution in [0.2, 0.25) is 15.1 Å². The van der Waals surface area contributed by atoms with Gasteiger partial charge in [0.15, 0.2) is 5.76 Å². The third-order valence-electron chi connectivity index (χ3n) is 3.10. The molecular weight excluding hydrogens is 361 g/mol. The topological polar surface area (TPSA) is 63.3 Å². The van der Waals surface area contributed by atoms with E-state index in [9.17, 15) is 4.79 Å². The summed E-state index contributed by atoms with van der Waals surface area (Å²) in [5, 5.41) is 10.5. The van der Waals surface area contributed by atoms with Crippen LogP contribution in [0.4, 0.5) is 0 Å². The van der Waals surface area contributed by atoms with E-state index >= 15 is 0 Å². The molecule has 2 aromatic carbocycles. The van der Waals surface area contributed by atoms with Gasteiger partial charge < -0.3 is 9.52 Å². The second-order valence-corrected chi connectivity index (χ2v) is 5.91. The summed E-state index contributed by atoms with van der Waals surface area (Å²) in [5.74, 6) is -1.43. The maximum atomic E-state index is 11.2. The van der Waals surface area contributed by atoms with Gasteiger partial charge in [-0.15, -0.1) is 0 Å². The van der Waals surface area contributed by atoms with E-state index in [0.717, 1.165) is 0 Å². The van der Waals surface area contributed by atoms with Crippen LogP contribution in [0.15, 0.2) is 46.9 Å². The number of halogens is 3. The Morgan fingerprint density at radius 3 is 2.26 bits per heavy atom. The molecule has 23 heavy (non-hydrogen) atoms. The Bertz CT molecular complexity index is 888. The van der Waals surface area contributed by atoms with Crippen LogP contribution >= 0.6 is 34.8 Å². The number of carboxylic acid groups (broad SMARTS) is 1. The fraction of sp³-hybridized carbons (Fsp3) is 0. The van der Waals surface area contributed by atoms with Gasteiger partial charge in [-0.3, -0.25) is 0 Å². The van der Waals surface area contributed by atoms with Gasteiger partial charge in [-0.2, -0.15) is 0 Å². The van der Waals surface area contributed by atoms with Crippen molar-refractivity contribution in [2.75, 3.05) is 0 Å². The average Bonchev–Trinajstić information content (AvgIpc) is 2.93. The average molecular weight is 369 g/mol. The molecule has 0 aliphatic heterocycles. The Morgan fingerprint density at radius 2 is 1.65 bits per heavy atom. The highest BCUT2D eigenvalue weighted by molar-refractivity contribution is 6.36. The van der Waals surface area contributed by atoms with Crippen LogP contribution in [-0.4, -0.2) is 16.1 Å². The van der Waals surface area contributed by atoms with Gasteiger partial charge in [0, 0.05) is 21.2 Å². The van der Waals surface area contributed by atoms with Crippen LogP contribution in [0, 0.1) is 0 Å². The molecule has 0 atom stereocenters. The molecule has 4 nitrogen and oxygen atoms in total. The quantitative estimate of drug-likeness (QED) is 0.647. The van der Waals surface area contributed by atoms with Gasteiger partial charge >= 0.3 is 11.9 Å². The van der Waals surface area contributed by atoms with Crippen molar-refractivity contribution in [2.45, 2.75) is 0 Å². The summed E-state index contributed by atoms with van der Waals surface area (Å²) in [6.45, 7) is 0. The van der Waals surface area contributed by atoms with Crippen molar-refractivity contribution < 1.29 is 14.3 Å². The van der Waals surface area contributed by atoms with E-state index in [1.165, 1.54) is 0 Å². The monoisotopic (exact) mass is 367 g/mol. The highest BCUT2D eigenvalue weighted by Crippen LogP contribution is 2.37. The highest BCUT2D eigenvalue weighted by atomic mass is 35.5. The van der Waals surface area contributed by atoms with E-state index in [1.807, 2.05) is 0 Å². The summed E-state index contributed by atoms with van der Waals surface area (Å²) >= 11 is 18.0. The maximum absolute atomic E-state index is 11.2. The number of carbonyl (C=O) groups is 1. The van der Waals surface area contributed by atoms with Crippen LogP contribution in [0.5, 0.6) is 0 Å². The first-order chi connectivity index (χ1) is 11.0. The Hall–Kier alpha value is -2.01. The lowest BCUT2D eigenvalue weighted by atomic mass is 10.1. The summed E-state index contributed by atoms with van der Waals surface area (Å²) in [7, 11) is 0. The first-order valence-electron chi connectivity index (χ1n) is 6.41. The lowest BCUT2D eigenvalue weighted by molar-refractivity contribution is 0.0654. The fourth-order valence-corrected chi connectivity index (χ4v) is 2.69. The van der Waals surface area contributed by atoms with Crippen molar-refractivity contribution in [3.8, 4) is 22.6 Å². The van der Waals surface area contributed by atoms with Crippen LogP contribution < -0.4 is 0 Å². The molecule has 0 aliphatic carbocycles. The van der Waals surface area contributed by atoms with Crippen molar-refractivity contribution in [1.82, 2.24) is 4.98 Å². The minimum atomic E-state index is -1.27. The molecule has 0 amide bonds. The Morgan fingerprint density at radius 1 is 1.00 bits per heavy atom. The van der Waals surface area contributed by atoms with Crippen molar-refractivity contribution in [3.63, 3.8) is 0 Å². The summed E-state index contributed by atoms with van der Waals surface area (Å²) in [5.41, 5.74) is 1.52. The predicted octanol–water partition coefficient (Wildman–Crippen LogP) is 5.67. The molecule has 0 radical (unpaired) electrons. The van der Waals surface area contributed by atoms with Crippen LogP contribution in [0.25, 0.3) is 22.6 Å². The van der Waals surface area contributed by atoms with E-state index in [1.54, 1.807) is 42.5 Å². The normalized spacial score (nSPS) is 10.7. The van der Waals surface area contributed by atoms with Gasteiger partial charge in [-0.1, -0.05) is 46.9 Å². The zero-order chi connectivity index (χ0) is 16.6. The number of oxazole rings is 1. The summed E-state index contributed by atoms with van der Waals surface area (Å²) in [6.07, 6.45) is 0. The molecule has 0 unspecified atom stereocenters. The SMILES string of the molecule is O=C(O)c1nc(-c2ccc(Cl)cc2)c(-c2ccc(Cl)cc2Cl)o1. The van der Waals surface area contributed by atoms with Gasteiger partial charge in [0.2, 0.25) is 0 Å². The molecule has 0 saturated heterocycles. The summed E-state index contributed by atoms with van der Waals surface area (Å²) in [6, 6.07) is 11.6. The molecule has 0 bridgehead atoms. The molecule has 1 aromatic heterocycles. The van der Waals surface area contributed by atoms with Gasteiger partial charge in [-0.05, 0) is 30.3 Å². The van der Waals surface area contributed by atoms with Crippen LogP contribution in [0.1, 0.15) is 10.7 Å². The van der Waals surface area contributed by atoms with E-state index in [2.05, 4.69) is 4.98 Å². The molecule has 3 aromatic rings. The Kier molecular flexibility index (Phi) is 4.31. The minimum Gasteiger partial charge on any atom is -0.474 e. The second-order valence-electron chi connectivity index (χ2n) is 4.63. The van der Waals surface area contributed by atoms with Gasteiger partial charge in [0.25, 0.3) is 0 Å². The minimum absolute atomic E-state index is 0.256. The molecule has 1 N–H and O–H groups in total. The molecule has 0 spiro atoms. The summed E-state index contributed by atoms with van der Waals surface area (Å²) < 4.78 is 5.40. The second kappa shape index (κ2) is 6.24.